The number of nitrogens with zero attached hydrogens (tertiary/aromatic N) is 1. The molecule has 1 aromatic heterocycles. The molecular weight excluding hydrogens is 279 g/mol. The molecule has 94 valence electrons. The first kappa shape index (κ1) is 13.3. The maximum Gasteiger partial charge on any atom is 0.145 e. The van der Waals surface area contributed by atoms with Gasteiger partial charge in [-0.3, -0.25) is 0 Å². The monoisotopic (exact) mass is 292 g/mol. The zero-order valence-corrected chi connectivity index (χ0v) is 11.7. The molecule has 17 heavy (non-hydrogen) atoms. The van der Waals surface area contributed by atoms with Crippen LogP contribution in [-0.4, -0.2) is 16.9 Å². The highest BCUT2D eigenvalue weighted by Crippen LogP contribution is 2.30. The smallest absolute Gasteiger partial charge is 0.145 e. The second-order valence-corrected chi connectivity index (χ2v) is 5.59. The van der Waals surface area contributed by atoms with Gasteiger partial charge in [0.05, 0.1) is 10.0 Å². The maximum atomic E-state index is 6.10. The van der Waals surface area contributed by atoms with Gasteiger partial charge in [-0.05, 0) is 24.8 Å². The molecule has 0 bridgehead atoms. The molecule has 1 N–H and O–H groups in total. The summed E-state index contributed by atoms with van der Waals surface area (Å²) in [7, 11) is 0. The molecule has 0 radical (unpaired) electrons. The molecule has 0 aliphatic heterocycles. The molecule has 2 atom stereocenters. The molecule has 0 spiro atoms. The van der Waals surface area contributed by atoms with Crippen LogP contribution in [0.25, 0.3) is 0 Å². The number of alkyl halides is 1. The van der Waals surface area contributed by atoms with Crippen LogP contribution in [0.1, 0.15) is 25.7 Å². The summed E-state index contributed by atoms with van der Waals surface area (Å²) in [5.74, 6) is 1.89. The van der Waals surface area contributed by atoms with E-state index in [-0.39, 0.29) is 0 Å². The second kappa shape index (κ2) is 6.12. The van der Waals surface area contributed by atoms with Crippen LogP contribution in [0, 0.1) is 5.92 Å². The third-order valence-corrected chi connectivity index (χ3v) is 4.13. The van der Waals surface area contributed by atoms with Crippen molar-refractivity contribution in [3.05, 3.63) is 22.3 Å². The predicted molar refractivity (Wildman–Crippen MR) is 74.3 cm³/mol. The predicted octanol–water partition coefficient (Wildman–Crippen LogP) is 4.60. The van der Waals surface area contributed by atoms with Gasteiger partial charge in [-0.2, -0.15) is 0 Å². The number of hydrogen-bond donors (Lipinski definition) is 1. The summed E-state index contributed by atoms with van der Waals surface area (Å²) in [4.78, 5) is 4.22. The summed E-state index contributed by atoms with van der Waals surface area (Å²) in [6.45, 7) is 0. The molecule has 0 saturated heterocycles. The number of nitrogens with one attached hydrogen (secondary N) is 1. The van der Waals surface area contributed by atoms with Crippen LogP contribution in [0.15, 0.2) is 12.3 Å². The fourth-order valence-corrected chi connectivity index (χ4v) is 3.08. The molecule has 1 fully saturated rings. The van der Waals surface area contributed by atoms with Crippen LogP contribution in [0.4, 0.5) is 5.82 Å². The molecule has 2 nitrogen and oxygen atoms in total. The van der Waals surface area contributed by atoms with Crippen molar-refractivity contribution in [2.45, 2.75) is 31.7 Å². The molecule has 1 heterocycles. The Morgan fingerprint density at radius 2 is 2.06 bits per heavy atom. The van der Waals surface area contributed by atoms with Gasteiger partial charge < -0.3 is 5.32 Å². The van der Waals surface area contributed by atoms with E-state index in [1.165, 1.54) is 19.3 Å². The Morgan fingerprint density at radius 3 is 2.76 bits per heavy atom. The summed E-state index contributed by atoms with van der Waals surface area (Å²) in [5, 5.41) is 4.51. The van der Waals surface area contributed by atoms with Gasteiger partial charge in [0.15, 0.2) is 0 Å². The number of anilines is 1. The lowest BCUT2D eigenvalue weighted by atomic mass is 9.86. The van der Waals surface area contributed by atoms with Gasteiger partial charge >= 0.3 is 0 Å². The van der Waals surface area contributed by atoms with E-state index in [0.29, 0.717) is 33.7 Å². The lowest BCUT2D eigenvalue weighted by Crippen LogP contribution is -2.33. The molecule has 0 aromatic carbocycles. The van der Waals surface area contributed by atoms with Gasteiger partial charge in [-0.15, -0.1) is 11.6 Å². The number of aromatic nitrogens is 1. The van der Waals surface area contributed by atoms with Gasteiger partial charge in [0.25, 0.3) is 0 Å². The molecule has 0 amide bonds. The molecule has 1 aliphatic rings. The SMILES string of the molecule is ClCC1CCCCC1Nc1ncc(Cl)cc1Cl. The first-order chi connectivity index (χ1) is 8.20. The third kappa shape index (κ3) is 3.40. The van der Waals surface area contributed by atoms with Crippen molar-refractivity contribution < 1.29 is 0 Å². The number of pyridine rings is 1. The standard InChI is InChI=1S/C12H15Cl3N2/c13-6-8-3-1-2-4-11(8)17-12-10(15)5-9(14)7-16-12/h5,7-8,11H,1-4,6H2,(H,16,17). The molecule has 1 aliphatic carbocycles. The highest BCUT2D eigenvalue weighted by Gasteiger charge is 2.25. The molecule has 1 aromatic rings. The summed E-state index contributed by atoms with van der Waals surface area (Å²) in [6.07, 6.45) is 6.40. The summed E-state index contributed by atoms with van der Waals surface area (Å²) < 4.78 is 0. The van der Waals surface area contributed by atoms with Crippen LogP contribution in [-0.2, 0) is 0 Å². The van der Waals surface area contributed by atoms with E-state index in [4.69, 9.17) is 34.8 Å². The van der Waals surface area contributed by atoms with Crippen molar-refractivity contribution in [2.75, 3.05) is 11.2 Å². The highest BCUT2D eigenvalue weighted by atomic mass is 35.5. The minimum Gasteiger partial charge on any atom is -0.366 e. The first-order valence-corrected chi connectivity index (χ1v) is 7.13. The Morgan fingerprint density at radius 1 is 1.29 bits per heavy atom. The van der Waals surface area contributed by atoms with Crippen molar-refractivity contribution in [3.63, 3.8) is 0 Å². The lowest BCUT2D eigenvalue weighted by Gasteiger charge is -2.31. The van der Waals surface area contributed by atoms with E-state index in [2.05, 4.69) is 10.3 Å². The van der Waals surface area contributed by atoms with Gasteiger partial charge in [-0.1, -0.05) is 36.0 Å². The van der Waals surface area contributed by atoms with E-state index in [0.717, 1.165) is 6.42 Å². The second-order valence-electron chi connectivity index (χ2n) is 4.43. The largest absolute Gasteiger partial charge is 0.366 e. The minimum absolute atomic E-state index is 0.368. The Bertz CT molecular complexity index is 384. The van der Waals surface area contributed by atoms with Gasteiger partial charge in [0, 0.05) is 18.1 Å². The average Bonchev–Trinajstić information content (AvgIpc) is 2.33. The maximum absolute atomic E-state index is 6.10. The fourth-order valence-electron chi connectivity index (χ4n) is 2.28. The zero-order chi connectivity index (χ0) is 12.3. The van der Waals surface area contributed by atoms with Crippen molar-refractivity contribution >= 4 is 40.6 Å². The van der Waals surface area contributed by atoms with Crippen LogP contribution >= 0.6 is 34.8 Å². The van der Waals surface area contributed by atoms with Crippen molar-refractivity contribution in [3.8, 4) is 0 Å². The normalized spacial score (nSPS) is 24.6. The van der Waals surface area contributed by atoms with Crippen molar-refractivity contribution in [1.29, 1.82) is 0 Å². The molecule has 2 rings (SSSR count). The van der Waals surface area contributed by atoms with Crippen LogP contribution in [0.5, 0.6) is 0 Å². The number of hydrogen-bond acceptors (Lipinski definition) is 2. The van der Waals surface area contributed by atoms with Gasteiger partial charge in [0.2, 0.25) is 0 Å². The molecular formula is C12H15Cl3N2. The van der Waals surface area contributed by atoms with Crippen molar-refractivity contribution in [2.24, 2.45) is 5.92 Å². The molecule has 1 saturated carbocycles. The summed E-state index contributed by atoms with van der Waals surface area (Å²) >= 11 is 17.9. The van der Waals surface area contributed by atoms with E-state index in [9.17, 15) is 0 Å². The van der Waals surface area contributed by atoms with Crippen LogP contribution in [0.3, 0.4) is 0 Å². The summed E-state index contributed by atoms with van der Waals surface area (Å²) in [6, 6.07) is 2.07. The highest BCUT2D eigenvalue weighted by molar-refractivity contribution is 6.35. The van der Waals surface area contributed by atoms with Crippen LogP contribution in [0.2, 0.25) is 10.0 Å². The van der Waals surface area contributed by atoms with Crippen molar-refractivity contribution in [1.82, 2.24) is 4.98 Å². The quantitative estimate of drug-likeness (QED) is 0.824. The first-order valence-electron chi connectivity index (χ1n) is 5.84. The lowest BCUT2D eigenvalue weighted by molar-refractivity contribution is 0.352. The average molecular weight is 294 g/mol. The van der Waals surface area contributed by atoms with E-state index in [1.54, 1.807) is 12.3 Å². The Balaban J connectivity index is 2.08. The Labute approximate surface area is 117 Å². The number of halogens is 3. The topological polar surface area (TPSA) is 24.9 Å². The fraction of sp³-hybridized carbons (Fsp3) is 0.583. The zero-order valence-electron chi connectivity index (χ0n) is 9.43. The van der Waals surface area contributed by atoms with Crippen LogP contribution < -0.4 is 5.32 Å². The molecule has 2 unspecified atom stereocenters. The third-order valence-electron chi connectivity index (χ3n) is 3.24. The molecule has 5 heteroatoms. The van der Waals surface area contributed by atoms with Gasteiger partial charge in [0.1, 0.15) is 5.82 Å². The van der Waals surface area contributed by atoms with E-state index in [1.807, 2.05) is 0 Å². The van der Waals surface area contributed by atoms with Gasteiger partial charge in [-0.25, -0.2) is 4.98 Å². The minimum atomic E-state index is 0.368. The summed E-state index contributed by atoms with van der Waals surface area (Å²) in [5.41, 5.74) is 0. The Hall–Kier alpha value is -0.180. The number of rotatable bonds is 3. The van der Waals surface area contributed by atoms with E-state index < -0.39 is 0 Å². The Kier molecular flexibility index (Phi) is 4.78. The van der Waals surface area contributed by atoms with E-state index >= 15 is 0 Å².